The van der Waals surface area contributed by atoms with E-state index in [0.717, 1.165) is 16.6 Å². The zero-order valence-corrected chi connectivity index (χ0v) is 21.7. The van der Waals surface area contributed by atoms with Crippen molar-refractivity contribution in [2.75, 3.05) is 5.32 Å². The number of nitrogens with zero attached hydrogens (tertiary/aromatic N) is 3. The number of rotatable bonds is 8. The first-order valence-corrected chi connectivity index (χ1v) is 12.3. The number of fused-ring (bicyclic) bond motifs is 1. The Bertz CT molecular complexity index is 1300. The molecule has 4 rings (SSSR count). The average Bonchev–Trinajstić information content (AvgIpc) is 3.22. The Morgan fingerprint density at radius 3 is 2.35 bits per heavy atom. The lowest BCUT2D eigenvalue weighted by atomic mass is 10.1. The molecule has 0 aliphatic rings. The van der Waals surface area contributed by atoms with Crippen LogP contribution < -0.4 is 10.1 Å². The molecule has 6 nitrogen and oxygen atoms in total. The third-order valence-corrected chi connectivity index (χ3v) is 6.28. The van der Waals surface area contributed by atoms with E-state index < -0.39 is 5.60 Å². The molecule has 0 aliphatic carbocycles. The summed E-state index contributed by atoms with van der Waals surface area (Å²) in [5.74, 6) is 0.264. The summed E-state index contributed by atoms with van der Waals surface area (Å²) in [6.45, 7) is 5.60. The molecule has 1 amide bonds. The average molecular weight is 542 g/mol. The van der Waals surface area contributed by atoms with Gasteiger partial charge < -0.3 is 10.1 Å². The van der Waals surface area contributed by atoms with Crippen molar-refractivity contribution in [2.24, 2.45) is 0 Å². The standard InChI is InChI=1S/C26H26BrClN4O2/c1-4-5-6-17-7-11-19(12-8-17)32-30-23-15-21(28)22(16-24(23)31-32)29-25(33)26(2,3)34-20-13-9-18(27)10-14-20/h7-16H,4-6H2,1-3H3,(H,29,33). The molecule has 0 spiro atoms. The Balaban J connectivity index is 1.52. The molecule has 0 saturated heterocycles. The minimum Gasteiger partial charge on any atom is -0.478 e. The van der Waals surface area contributed by atoms with Crippen molar-refractivity contribution in [3.8, 4) is 11.4 Å². The van der Waals surface area contributed by atoms with Crippen LogP contribution in [-0.4, -0.2) is 26.5 Å². The summed E-state index contributed by atoms with van der Waals surface area (Å²) in [5, 5.41) is 12.4. The molecular formula is C26H26BrClN4O2. The summed E-state index contributed by atoms with van der Waals surface area (Å²) in [6.07, 6.45) is 3.40. The number of nitrogens with one attached hydrogen (secondary N) is 1. The monoisotopic (exact) mass is 540 g/mol. The van der Waals surface area contributed by atoms with Crippen LogP contribution in [0.4, 0.5) is 5.69 Å². The van der Waals surface area contributed by atoms with Gasteiger partial charge in [-0.3, -0.25) is 4.79 Å². The minimum absolute atomic E-state index is 0.327. The second-order valence-corrected chi connectivity index (χ2v) is 9.92. The quantitative estimate of drug-likeness (QED) is 0.261. The fraction of sp³-hybridized carbons (Fsp3) is 0.269. The van der Waals surface area contributed by atoms with Crippen molar-refractivity contribution < 1.29 is 9.53 Å². The molecule has 4 aromatic rings. The van der Waals surface area contributed by atoms with Gasteiger partial charge in [0, 0.05) is 4.47 Å². The lowest BCUT2D eigenvalue weighted by molar-refractivity contribution is -0.128. The Morgan fingerprint density at radius 2 is 1.71 bits per heavy atom. The van der Waals surface area contributed by atoms with Gasteiger partial charge in [-0.25, -0.2) is 0 Å². The Morgan fingerprint density at radius 1 is 1.06 bits per heavy atom. The molecule has 1 aromatic heterocycles. The first-order valence-electron chi connectivity index (χ1n) is 11.2. The number of hydrogen-bond donors (Lipinski definition) is 1. The number of anilines is 1. The van der Waals surface area contributed by atoms with Crippen LogP contribution >= 0.6 is 27.5 Å². The van der Waals surface area contributed by atoms with Crippen molar-refractivity contribution in [1.29, 1.82) is 0 Å². The van der Waals surface area contributed by atoms with Crippen molar-refractivity contribution >= 4 is 50.2 Å². The van der Waals surface area contributed by atoms with Crippen LogP contribution in [0.1, 0.15) is 39.2 Å². The van der Waals surface area contributed by atoms with E-state index in [0.29, 0.717) is 27.5 Å². The molecule has 0 bridgehead atoms. The number of aryl methyl sites for hydroxylation is 1. The van der Waals surface area contributed by atoms with Crippen LogP contribution in [0, 0.1) is 0 Å². The van der Waals surface area contributed by atoms with E-state index in [-0.39, 0.29) is 5.91 Å². The van der Waals surface area contributed by atoms with Crippen LogP contribution in [0.3, 0.4) is 0 Å². The maximum absolute atomic E-state index is 13.0. The molecule has 1 N–H and O–H groups in total. The molecule has 0 unspecified atom stereocenters. The third kappa shape index (κ3) is 5.59. The SMILES string of the molecule is CCCCc1ccc(-n2nc3cc(Cl)c(NC(=O)C(C)(C)Oc4ccc(Br)cc4)cc3n2)cc1. The number of ether oxygens (including phenoxy) is 1. The predicted octanol–water partition coefficient (Wildman–Crippen LogP) is 6.98. The third-order valence-electron chi connectivity index (χ3n) is 5.44. The molecule has 1 heterocycles. The fourth-order valence-corrected chi connectivity index (χ4v) is 3.91. The van der Waals surface area contributed by atoms with Gasteiger partial charge in [-0.1, -0.05) is 53.0 Å². The van der Waals surface area contributed by atoms with Gasteiger partial charge in [0.1, 0.15) is 16.8 Å². The minimum atomic E-state index is -1.12. The normalized spacial score (nSPS) is 11.6. The van der Waals surface area contributed by atoms with E-state index in [1.165, 1.54) is 18.4 Å². The molecule has 176 valence electrons. The number of aromatic nitrogens is 3. The van der Waals surface area contributed by atoms with Gasteiger partial charge in [-0.2, -0.15) is 4.80 Å². The maximum Gasteiger partial charge on any atom is 0.268 e. The van der Waals surface area contributed by atoms with Gasteiger partial charge >= 0.3 is 0 Å². The predicted molar refractivity (Wildman–Crippen MR) is 140 cm³/mol. The Labute approximate surface area is 212 Å². The van der Waals surface area contributed by atoms with Gasteiger partial charge in [0.25, 0.3) is 5.91 Å². The van der Waals surface area contributed by atoms with E-state index in [2.05, 4.69) is 50.5 Å². The topological polar surface area (TPSA) is 69.0 Å². The molecule has 0 fully saturated rings. The number of carbonyl (C=O) groups is 1. The number of benzene rings is 3. The van der Waals surface area contributed by atoms with Crippen LogP contribution in [-0.2, 0) is 11.2 Å². The number of unbranched alkanes of at least 4 members (excludes halogenated alkanes) is 1. The molecule has 0 radical (unpaired) electrons. The first kappa shape index (κ1) is 24.2. The van der Waals surface area contributed by atoms with Crippen LogP contribution in [0.25, 0.3) is 16.7 Å². The highest BCUT2D eigenvalue weighted by Crippen LogP contribution is 2.29. The van der Waals surface area contributed by atoms with Gasteiger partial charge in [0.05, 0.1) is 16.4 Å². The van der Waals surface area contributed by atoms with Gasteiger partial charge in [-0.05, 0) is 80.8 Å². The molecule has 0 atom stereocenters. The van der Waals surface area contributed by atoms with Gasteiger partial charge in [0.2, 0.25) is 0 Å². The zero-order chi connectivity index (χ0) is 24.3. The highest BCUT2D eigenvalue weighted by atomic mass is 79.9. The number of amides is 1. The molecule has 0 saturated carbocycles. The molecule has 8 heteroatoms. The van der Waals surface area contributed by atoms with E-state index in [1.807, 2.05) is 24.3 Å². The highest BCUT2D eigenvalue weighted by Gasteiger charge is 2.30. The van der Waals surface area contributed by atoms with E-state index in [1.54, 1.807) is 42.9 Å². The zero-order valence-electron chi connectivity index (χ0n) is 19.3. The largest absolute Gasteiger partial charge is 0.478 e. The fourth-order valence-electron chi connectivity index (χ4n) is 3.44. The number of hydrogen-bond acceptors (Lipinski definition) is 4. The highest BCUT2D eigenvalue weighted by molar-refractivity contribution is 9.10. The van der Waals surface area contributed by atoms with Crippen LogP contribution in [0.5, 0.6) is 5.75 Å². The summed E-state index contributed by atoms with van der Waals surface area (Å²) in [7, 11) is 0. The van der Waals surface area contributed by atoms with Crippen LogP contribution in [0.2, 0.25) is 5.02 Å². The smallest absolute Gasteiger partial charge is 0.268 e. The summed E-state index contributed by atoms with van der Waals surface area (Å²) >= 11 is 9.85. The number of halogens is 2. The molecular weight excluding hydrogens is 516 g/mol. The Kier molecular flexibility index (Phi) is 7.24. The number of carbonyl (C=O) groups excluding carboxylic acids is 1. The van der Waals surface area contributed by atoms with Gasteiger partial charge in [0.15, 0.2) is 5.60 Å². The van der Waals surface area contributed by atoms with Crippen LogP contribution in [0.15, 0.2) is 65.1 Å². The first-order chi connectivity index (χ1) is 16.2. The van der Waals surface area contributed by atoms with Crippen molar-refractivity contribution in [3.63, 3.8) is 0 Å². The second kappa shape index (κ2) is 10.2. The lowest BCUT2D eigenvalue weighted by Crippen LogP contribution is -2.42. The summed E-state index contributed by atoms with van der Waals surface area (Å²) in [6, 6.07) is 19.0. The second-order valence-electron chi connectivity index (χ2n) is 8.60. The lowest BCUT2D eigenvalue weighted by Gasteiger charge is -2.25. The summed E-state index contributed by atoms with van der Waals surface area (Å²) < 4.78 is 6.84. The van der Waals surface area contributed by atoms with Crippen molar-refractivity contribution in [2.45, 2.75) is 45.6 Å². The summed E-state index contributed by atoms with van der Waals surface area (Å²) in [5.41, 5.74) is 2.76. The summed E-state index contributed by atoms with van der Waals surface area (Å²) in [4.78, 5) is 14.6. The Hall–Kier alpha value is -2.90. The van der Waals surface area contributed by atoms with E-state index in [4.69, 9.17) is 16.3 Å². The molecule has 3 aromatic carbocycles. The van der Waals surface area contributed by atoms with Crippen molar-refractivity contribution in [3.05, 3.63) is 75.7 Å². The van der Waals surface area contributed by atoms with Crippen molar-refractivity contribution in [1.82, 2.24) is 15.0 Å². The maximum atomic E-state index is 13.0. The molecule has 0 aliphatic heterocycles. The van der Waals surface area contributed by atoms with E-state index in [9.17, 15) is 4.79 Å². The van der Waals surface area contributed by atoms with Gasteiger partial charge in [-0.15, -0.1) is 10.2 Å². The molecule has 34 heavy (non-hydrogen) atoms. The van der Waals surface area contributed by atoms with E-state index >= 15 is 0 Å².